The lowest BCUT2D eigenvalue weighted by Gasteiger charge is -2.25. The molecule has 0 saturated carbocycles. The maximum atomic E-state index is 11.9. The number of carbonyl (C=O) groups is 1. The van der Waals surface area contributed by atoms with Gasteiger partial charge in [-0.3, -0.25) is 4.79 Å². The first-order valence-corrected chi connectivity index (χ1v) is 6.83. The van der Waals surface area contributed by atoms with Crippen molar-refractivity contribution in [2.24, 2.45) is 5.92 Å². The molecule has 0 aromatic carbocycles. The molecule has 17 heavy (non-hydrogen) atoms. The zero-order chi connectivity index (χ0) is 12.7. The van der Waals surface area contributed by atoms with Gasteiger partial charge >= 0.3 is 0 Å². The molecule has 0 radical (unpaired) electrons. The van der Waals surface area contributed by atoms with E-state index in [2.05, 4.69) is 36.4 Å². The molecule has 4 nitrogen and oxygen atoms in total. The second-order valence-electron chi connectivity index (χ2n) is 5.05. The van der Waals surface area contributed by atoms with Crippen LogP contribution < -0.4 is 10.6 Å². The van der Waals surface area contributed by atoms with Crippen LogP contribution in [0.5, 0.6) is 0 Å². The molecule has 1 atom stereocenters. The number of rotatable bonds is 6. The Labute approximate surface area is 105 Å². The molecule has 1 aliphatic rings. The number of nitrogens with one attached hydrogen (secondary N) is 2. The van der Waals surface area contributed by atoms with E-state index in [1.807, 2.05) is 0 Å². The molecular weight excluding hydrogens is 214 g/mol. The first-order valence-electron chi connectivity index (χ1n) is 6.83. The first-order chi connectivity index (χ1) is 8.15. The highest BCUT2D eigenvalue weighted by atomic mass is 16.1. The van der Waals surface area contributed by atoms with E-state index in [0.717, 1.165) is 45.4 Å². The number of amides is 1. The van der Waals surface area contributed by atoms with Crippen LogP contribution in [-0.2, 0) is 4.79 Å². The van der Waals surface area contributed by atoms with Gasteiger partial charge in [0.2, 0.25) is 5.91 Å². The fourth-order valence-corrected chi connectivity index (χ4v) is 2.12. The number of carbonyl (C=O) groups excluding carboxylic acids is 1. The number of likely N-dealkylation sites (N-methyl/N-ethyl adjacent to an activating group) is 1. The predicted molar refractivity (Wildman–Crippen MR) is 71.0 cm³/mol. The van der Waals surface area contributed by atoms with Crippen LogP contribution in [0.15, 0.2) is 0 Å². The van der Waals surface area contributed by atoms with E-state index in [1.165, 1.54) is 0 Å². The van der Waals surface area contributed by atoms with Gasteiger partial charge in [-0.1, -0.05) is 6.92 Å². The smallest absolute Gasteiger partial charge is 0.223 e. The Balaban J connectivity index is 2.15. The summed E-state index contributed by atoms with van der Waals surface area (Å²) >= 11 is 0. The summed E-state index contributed by atoms with van der Waals surface area (Å²) in [4.78, 5) is 14.2. The van der Waals surface area contributed by atoms with Crippen LogP contribution in [0.4, 0.5) is 0 Å². The van der Waals surface area contributed by atoms with Crippen molar-refractivity contribution in [3.8, 4) is 0 Å². The summed E-state index contributed by atoms with van der Waals surface area (Å²) in [5, 5.41) is 6.33. The van der Waals surface area contributed by atoms with Crippen molar-refractivity contribution in [1.82, 2.24) is 15.5 Å². The zero-order valence-electron chi connectivity index (χ0n) is 11.5. The molecule has 100 valence electrons. The van der Waals surface area contributed by atoms with Crippen molar-refractivity contribution < 1.29 is 4.79 Å². The summed E-state index contributed by atoms with van der Waals surface area (Å²) in [6, 6.07) is 0.589. The Bertz CT molecular complexity index is 227. The first kappa shape index (κ1) is 14.5. The van der Waals surface area contributed by atoms with E-state index < -0.39 is 0 Å². The molecule has 1 saturated heterocycles. The molecule has 4 heteroatoms. The minimum absolute atomic E-state index is 0.227. The van der Waals surface area contributed by atoms with Gasteiger partial charge in [-0.25, -0.2) is 0 Å². The molecule has 2 N–H and O–H groups in total. The van der Waals surface area contributed by atoms with Gasteiger partial charge in [0, 0.05) is 25.0 Å². The predicted octanol–water partition coefficient (Wildman–Crippen LogP) is 0.833. The molecular formula is C13H27N3O. The Kier molecular flexibility index (Phi) is 6.52. The quantitative estimate of drug-likeness (QED) is 0.724. The van der Waals surface area contributed by atoms with Crippen LogP contribution in [0.1, 0.15) is 33.1 Å². The van der Waals surface area contributed by atoms with Gasteiger partial charge in [0.25, 0.3) is 0 Å². The summed E-state index contributed by atoms with van der Waals surface area (Å²) < 4.78 is 0. The number of piperidine rings is 1. The molecule has 1 fully saturated rings. The lowest BCUT2D eigenvalue weighted by atomic mass is 9.97. The highest BCUT2D eigenvalue weighted by Gasteiger charge is 2.20. The Morgan fingerprint density at radius 1 is 1.47 bits per heavy atom. The largest absolute Gasteiger partial charge is 0.355 e. The Morgan fingerprint density at radius 3 is 2.71 bits per heavy atom. The molecule has 0 aromatic heterocycles. The van der Waals surface area contributed by atoms with Crippen molar-refractivity contribution in [2.75, 3.05) is 33.2 Å². The van der Waals surface area contributed by atoms with Crippen LogP contribution in [-0.4, -0.2) is 50.1 Å². The topological polar surface area (TPSA) is 44.4 Å². The summed E-state index contributed by atoms with van der Waals surface area (Å²) in [7, 11) is 2.12. The van der Waals surface area contributed by atoms with Gasteiger partial charge in [0.15, 0.2) is 0 Å². The van der Waals surface area contributed by atoms with Crippen LogP contribution in [0.3, 0.4) is 0 Å². The molecule has 1 heterocycles. The summed E-state index contributed by atoms with van der Waals surface area (Å²) in [5.74, 6) is 0.467. The number of hydrogen-bond donors (Lipinski definition) is 2. The average Bonchev–Trinajstić information content (AvgIpc) is 2.38. The van der Waals surface area contributed by atoms with Crippen molar-refractivity contribution in [3.63, 3.8) is 0 Å². The van der Waals surface area contributed by atoms with Crippen molar-refractivity contribution in [3.05, 3.63) is 0 Å². The third kappa shape index (κ3) is 5.04. The van der Waals surface area contributed by atoms with Gasteiger partial charge < -0.3 is 15.5 Å². The second kappa shape index (κ2) is 7.67. The van der Waals surface area contributed by atoms with E-state index in [9.17, 15) is 4.79 Å². The number of nitrogens with zero attached hydrogens (tertiary/aromatic N) is 1. The van der Waals surface area contributed by atoms with Crippen LogP contribution in [0, 0.1) is 5.92 Å². The number of hydrogen-bond acceptors (Lipinski definition) is 3. The van der Waals surface area contributed by atoms with E-state index >= 15 is 0 Å². The normalized spacial score (nSPS) is 19.3. The van der Waals surface area contributed by atoms with Crippen LogP contribution >= 0.6 is 0 Å². The summed E-state index contributed by atoms with van der Waals surface area (Å²) in [6.07, 6.45) is 3.11. The SMILES string of the molecule is CCC(C)N(C)CCNC(=O)C1CCNCC1. The van der Waals surface area contributed by atoms with E-state index in [-0.39, 0.29) is 11.8 Å². The van der Waals surface area contributed by atoms with Crippen molar-refractivity contribution in [2.45, 2.75) is 39.2 Å². The van der Waals surface area contributed by atoms with E-state index in [4.69, 9.17) is 0 Å². The summed E-state index contributed by atoms with van der Waals surface area (Å²) in [6.45, 7) is 8.06. The maximum absolute atomic E-state index is 11.9. The van der Waals surface area contributed by atoms with Gasteiger partial charge in [0.05, 0.1) is 0 Å². The third-order valence-electron chi connectivity index (χ3n) is 3.82. The average molecular weight is 241 g/mol. The zero-order valence-corrected chi connectivity index (χ0v) is 11.5. The molecule has 1 unspecified atom stereocenters. The molecule has 1 amide bonds. The van der Waals surface area contributed by atoms with Crippen molar-refractivity contribution >= 4 is 5.91 Å². The minimum Gasteiger partial charge on any atom is -0.355 e. The van der Waals surface area contributed by atoms with Crippen LogP contribution in [0.2, 0.25) is 0 Å². The van der Waals surface area contributed by atoms with Gasteiger partial charge in [-0.15, -0.1) is 0 Å². The molecule has 0 aliphatic carbocycles. The molecule has 1 rings (SSSR count). The van der Waals surface area contributed by atoms with E-state index in [0.29, 0.717) is 6.04 Å². The molecule has 0 bridgehead atoms. The molecule has 1 aliphatic heterocycles. The van der Waals surface area contributed by atoms with Gasteiger partial charge in [-0.05, 0) is 46.3 Å². The molecule has 0 aromatic rings. The Hall–Kier alpha value is -0.610. The Morgan fingerprint density at radius 2 is 2.12 bits per heavy atom. The fraction of sp³-hybridized carbons (Fsp3) is 0.923. The molecule has 0 spiro atoms. The lowest BCUT2D eigenvalue weighted by molar-refractivity contribution is -0.125. The highest BCUT2D eigenvalue weighted by Crippen LogP contribution is 2.11. The van der Waals surface area contributed by atoms with Crippen LogP contribution in [0.25, 0.3) is 0 Å². The lowest BCUT2D eigenvalue weighted by Crippen LogP contribution is -2.41. The van der Waals surface area contributed by atoms with Crippen molar-refractivity contribution in [1.29, 1.82) is 0 Å². The maximum Gasteiger partial charge on any atom is 0.223 e. The summed E-state index contributed by atoms with van der Waals surface area (Å²) in [5.41, 5.74) is 0. The van der Waals surface area contributed by atoms with Gasteiger partial charge in [-0.2, -0.15) is 0 Å². The second-order valence-corrected chi connectivity index (χ2v) is 5.05. The third-order valence-corrected chi connectivity index (χ3v) is 3.82. The fourth-order valence-electron chi connectivity index (χ4n) is 2.12. The van der Waals surface area contributed by atoms with Gasteiger partial charge in [0.1, 0.15) is 0 Å². The monoisotopic (exact) mass is 241 g/mol. The standard InChI is InChI=1S/C13H27N3O/c1-4-11(2)16(3)10-9-15-13(17)12-5-7-14-8-6-12/h11-12,14H,4-10H2,1-3H3,(H,15,17). The van der Waals surface area contributed by atoms with E-state index in [1.54, 1.807) is 0 Å². The highest BCUT2D eigenvalue weighted by molar-refractivity contribution is 5.78. The minimum atomic E-state index is 0.227.